The monoisotopic (exact) mass is 239 g/mol. The van der Waals surface area contributed by atoms with Crippen molar-refractivity contribution in [3.8, 4) is 0 Å². The molecule has 0 spiro atoms. The Morgan fingerprint density at radius 1 is 1.44 bits per heavy atom. The van der Waals surface area contributed by atoms with Crippen LogP contribution in [0.2, 0.25) is 5.02 Å². The van der Waals surface area contributed by atoms with Gasteiger partial charge in [-0.25, -0.2) is 0 Å². The topological polar surface area (TPSA) is 21.3 Å². The summed E-state index contributed by atoms with van der Waals surface area (Å²) in [6, 6.07) is 6.57. The fourth-order valence-electron chi connectivity index (χ4n) is 2.02. The molecule has 0 aromatic heterocycles. The number of benzene rings is 1. The van der Waals surface area contributed by atoms with E-state index in [0.29, 0.717) is 12.1 Å². The largest absolute Gasteiger partial charge is 0.381 e. The van der Waals surface area contributed by atoms with Gasteiger partial charge in [0, 0.05) is 12.6 Å². The van der Waals surface area contributed by atoms with E-state index >= 15 is 0 Å². The molecule has 0 bridgehead atoms. The van der Waals surface area contributed by atoms with Crippen LogP contribution in [0.1, 0.15) is 25.3 Å². The van der Waals surface area contributed by atoms with Crippen molar-refractivity contribution in [2.24, 2.45) is 0 Å². The Kier molecular flexibility index (Phi) is 3.72. The molecule has 0 atom stereocenters. The number of anilines is 1. The molecule has 0 saturated heterocycles. The summed E-state index contributed by atoms with van der Waals surface area (Å²) in [5.74, 6) is 0. The molecule has 0 unspecified atom stereocenters. The van der Waals surface area contributed by atoms with E-state index < -0.39 is 0 Å². The molecule has 1 N–H and O–H groups in total. The van der Waals surface area contributed by atoms with Crippen molar-refractivity contribution in [2.45, 2.75) is 38.8 Å². The fourth-order valence-corrected chi connectivity index (χ4v) is 2.20. The summed E-state index contributed by atoms with van der Waals surface area (Å²) in [4.78, 5) is 0. The van der Waals surface area contributed by atoms with Gasteiger partial charge >= 0.3 is 0 Å². The van der Waals surface area contributed by atoms with Crippen LogP contribution in [0.3, 0.4) is 0 Å². The molecule has 1 aliphatic carbocycles. The van der Waals surface area contributed by atoms with E-state index in [4.69, 9.17) is 16.3 Å². The number of halogens is 1. The van der Waals surface area contributed by atoms with Gasteiger partial charge in [0.2, 0.25) is 0 Å². The molecule has 0 aliphatic heterocycles. The Labute approximate surface area is 102 Å². The molecule has 88 valence electrons. The standard InChI is InChI=1S/C13H18ClNO/c1-3-16-11-7-10(8-11)15-13-6-9(2)4-5-12(13)14/h4-6,10-11,15H,3,7-8H2,1-2H3. The van der Waals surface area contributed by atoms with Gasteiger partial charge < -0.3 is 10.1 Å². The van der Waals surface area contributed by atoms with Crippen molar-refractivity contribution < 1.29 is 4.74 Å². The zero-order valence-corrected chi connectivity index (χ0v) is 10.6. The van der Waals surface area contributed by atoms with E-state index in [2.05, 4.69) is 18.3 Å². The summed E-state index contributed by atoms with van der Waals surface area (Å²) in [5.41, 5.74) is 2.27. The first-order valence-corrected chi connectivity index (χ1v) is 6.21. The first-order chi connectivity index (χ1) is 7.69. The summed E-state index contributed by atoms with van der Waals surface area (Å²) in [6.45, 7) is 4.92. The number of aryl methyl sites for hydroxylation is 1. The Morgan fingerprint density at radius 3 is 2.88 bits per heavy atom. The molecule has 0 heterocycles. The lowest BCUT2D eigenvalue weighted by Gasteiger charge is -2.36. The van der Waals surface area contributed by atoms with Crippen LogP contribution in [-0.2, 0) is 4.74 Å². The maximum absolute atomic E-state index is 6.13. The van der Waals surface area contributed by atoms with Gasteiger partial charge in [0.1, 0.15) is 0 Å². The van der Waals surface area contributed by atoms with Gasteiger partial charge in [0.15, 0.2) is 0 Å². The van der Waals surface area contributed by atoms with Crippen LogP contribution in [0.25, 0.3) is 0 Å². The molecule has 1 aliphatic rings. The van der Waals surface area contributed by atoms with Crippen molar-refractivity contribution in [3.63, 3.8) is 0 Å². The molecule has 0 amide bonds. The van der Waals surface area contributed by atoms with Crippen molar-refractivity contribution >= 4 is 17.3 Å². The SMILES string of the molecule is CCOC1CC(Nc2cc(C)ccc2Cl)C1. The molecule has 2 rings (SSSR count). The van der Waals surface area contributed by atoms with Crippen LogP contribution >= 0.6 is 11.6 Å². The van der Waals surface area contributed by atoms with Crippen molar-refractivity contribution in [1.82, 2.24) is 0 Å². The fraction of sp³-hybridized carbons (Fsp3) is 0.538. The summed E-state index contributed by atoms with van der Waals surface area (Å²) in [7, 11) is 0. The first-order valence-electron chi connectivity index (χ1n) is 5.83. The van der Waals surface area contributed by atoms with Crippen molar-refractivity contribution in [1.29, 1.82) is 0 Å². The minimum atomic E-state index is 0.436. The highest BCUT2D eigenvalue weighted by Gasteiger charge is 2.29. The lowest BCUT2D eigenvalue weighted by Crippen LogP contribution is -2.40. The van der Waals surface area contributed by atoms with Gasteiger partial charge in [-0.1, -0.05) is 17.7 Å². The quantitative estimate of drug-likeness (QED) is 0.867. The predicted octanol–water partition coefficient (Wildman–Crippen LogP) is 3.63. The van der Waals surface area contributed by atoms with Gasteiger partial charge in [-0.3, -0.25) is 0 Å². The summed E-state index contributed by atoms with van der Waals surface area (Å²) in [6.07, 6.45) is 2.60. The van der Waals surface area contributed by atoms with Crippen LogP contribution in [0.5, 0.6) is 0 Å². The Morgan fingerprint density at radius 2 is 2.19 bits per heavy atom. The number of ether oxygens (including phenoxy) is 1. The smallest absolute Gasteiger partial charge is 0.0637 e. The molecular weight excluding hydrogens is 222 g/mol. The third kappa shape index (κ3) is 2.69. The second kappa shape index (κ2) is 5.07. The summed E-state index contributed by atoms with van der Waals surface area (Å²) in [5, 5.41) is 4.26. The van der Waals surface area contributed by atoms with E-state index in [9.17, 15) is 0 Å². The van der Waals surface area contributed by atoms with Crippen LogP contribution in [0.15, 0.2) is 18.2 Å². The lowest BCUT2D eigenvalue weighted by molar-refractivity contribution is 0.00299. The maximum atomic E-state index is 6.13. The van der Waals surface area contributed by atoms with E-state index in [1.807, 2.05) is 19.1 Å². The van der Waals surface area contributed by atoms with Crippen LogP contribution < -0.4 is 5.32 Å². The first kappa shape index (κ1) is 11.7. The zero-order valence-electron chi connectivity index (χ0n) is 9.79. The minimum Gasteiger partial charge on any atom is -0.381 e. The lowest BCUT2D eigenvalue weighted by atomic mass is 9.89. The van der Waals surface area contributed by atoms with Gasteiger partial charge in [-0.05, 0) is 44.4 Å². The molecule has 2 nitrogen and oxygen atoms in total. The maximum Gasteiger partial charge on any atom is 0.0637 e. The molecule has 1 aromatic carbocycles. The highest BCUT2D eigenvalue weighted by atomic mass is 35.5. The number of hydrogen-bond acceptors (Lipinski definition) is 2. The van der Waals surface area contributed by atoms with Gasteiger partial charge in [0.05, 0.1) is 16.8 Å². The molecular formula is C13H18ClNO. The van der Waals surface area contributed by atoms with Gasteiger partial charge in [-0.2, -0.15) is 0 Å². The highest BCUT2D eigenvalue weighted by Crippen LogP contribution is 2.30. The molecule has 1 aromatic rings. The van der Waals surface area contributed by atoms with Crippen LogP contribution in [0.4, 0.5) is 5.69 Å². The second-order valence-electron chi connectivity index (χ2n) is 4.37. The number of rotatable bonds is 4. The average molecular weight is 240 g/mol. The minimum absolute atomic E-state index is 0.436. The second-order valence-corrected chi connectivity index (χ2v) is 4.78. The Balaban J connectivity index is 1.89. The average Bonchev–Trinajstić information content (AvgIpc) is 2.20. The van der Waals surface area contributed by atoms with Crippen LogP contribution in [0, 0.1) is 6.92 Å². The molecule has 1 saturated carbocycles. The third-order valence-corrected chi connectivity index (χ3v) is 3.31. The van der Waals surface area contributed by atoms with E-state index in [0.717, 1.165) is 30.2 Å². The Hall–Kier alpha value is -0.730. The van der Waals surface area contributed by atoms with E-state index in [1.165, 1.54) is 5.56 Å². The van der Waals surface area contributed by atoms with Crippen molar-refractivity contribution in [3.05, 3.63) is 28.8 Å². The van der Waals surface area contributed by atoms with Gasteiger partial charge in [-0.15, -0.1) is 0 Å². The third-order valence-electron chi connectivity index (χ3n) is 2.98. The zero-order chi connectivity index (χ0) is 11.5. The molecule has 0 radical (unpaired) electrons. The molecule has 1 fully saturated rings. The van der Waals surface area contributed by atoms with Crippen LogP contribution in [-0.4, -0.2) is 18.8 Å². The summed E-state index contributed by atoms with van der Waals surface area (Å²) < 4.78 is 5.53. The molecule has 16 heavy (non-hydrogen) atoms. The number of hydrogen-bond donors (Lipinski definition) is 1. The van der Waals surface area contributed by atoms with E-state index in [-0.39, 0.29) is 0 Å². The Bertz CT molecular complexity index is 361. The normalized spacial score (nSPS) is 23.9. The molecule has 3 heteroatoms. The van der Waals surface area contributed by atoms with Crippen molar-refractivity contribution in [2.75, 3.05) is 11.9 Å². The number of nitrogens with one attached hydrogen (secondary N) is 1. The van der Waals surface area contributed by atoms with Gasteiger partial charge in [0.25, 0.3) is 0 Å². The predicted molar refractivity (Wildman–Crippen MR) is 68.2 cm³/mol. The highest BCUT2D eigenvalue weighted by molar-refractivity contribution is 6.33. The van der Waals surface area contributed by atoms with E-state index in [1.54, 1.807) is 0 Å². The summed E-state index contributed by atoms with van der Waals surface area (Å²) >= 11 is 6.13.